The van der Waals surface area contributed by atoms with E-state index in [1.165, 1.54) is 28.9 Å². The molecule has 1 fully saturated rings. The van der Waals surface area contributed by atoms with E-state index in [0.29, 0.717) is 28.6 Å². The Morgan fingerprint density at radius 3 is 2.72 bits per heavy atom. The van der Waals surface area contributed by atoms with E-state index in [1.807, 2.05) is 17.8 Å². The zero-order chi connectivity index (χ0) is 20.6. The summed E-state index contributed by atoms with van der Waals surface area (Å²) in [6.07, 6.45) is 6.83. The molecule has 2 aromatic rings. The molecule has 2 aromatic carbocycles. The number of thioether (sulfide) groups is 1. The quantitative estimate of drug-likeness (QED) is 0.490. The normalized spacial score (nSPS) is 28.5. The van der Waals surface area contributed by atoms with Crippen molar-refractivity contribution in [3.05, 3.63) is 52.0 Å². The summed E-state index contributed by atoms with van der Waals surface area (Å²) >= 11 is 5.83. The molecule has 2 aliphatic rings. The maximum absolute atomic E-state index is 11.2. The minimum absolute atomic E-state index is 0.0522. The van der Waals surface area contributed by atoms with Crippen LogP contribution in [-0.2, 0) is 11.8 Å². The van der Waals surface area contributed by atoms with Gasteiger partial charge in [-0.25, -0.2) is 0 Å². The van der Waals surface area contributed by atoms with E-state index in [4.69, 9.17) is 4.74 Å². The highest BCUT2D eigenvalue weighted by Crippen LogP contribution is 2.60. The van der Waals surface area contributed by atoms with Crippen molar-refractivity contribution in [3.63, 3.8) is 0 Å². The van der Waals surface area contributed by atoms with E-state index in [2.05, 4.69) is 60.1 Å². The summed E-state index contributed by atoms with van der Waals surface area (Å²) in [7, 11) is 1.65. The topological polar surface area (TPSA) is 29.5 Å². The number of fused-ring (bicyclic) bond motifs is 3. The molecule has 156 valence electrons. The molecule has 2 aliphatic carbocycles. The largest absolute Gasteiger partial charge is 0.504 e. The van der Waals surface area contributed by atoms with E-state index < -0.39 is 0 Å². The average Bonchev–Trinajstić information content (AvgIpc) is 2.72. The summed E-state index contributed by atoms with van der Waals surface area (Å²) < 4.78 is 6.62. The lowest BCUT2D eigenvalue weighted by Crippen LogP contribution is -2.48. The van der Waals surface area contributed by atoms with Crippen LogP contribution in [0.15, 0.2) is 45.8 Å². The highest BCUT2D eigenvalue weighted by molar-refractivity contribution is 9.10. The van der Waals surface area contributed by atoms with Crippen LogP contribution in [0.1, 0.15) is 57.1 Å². The van der Waals surface area contributed by atoms with Gasteiger partial charge in [-0.3, -0.25) is 0 Å². The number of aromatic hydroxyl groups is 1. The third-order valence-corrected chi connectivity index (χ3v) is 9.14. The predicted octanol–water partition coefficient (Wildman–Crippen LogP) is 7.35. The van der Waals surface area contributed by atoms with Crippen molar-refractivity contribution in [2.45, 2.75) is 67.9 Å². The van der Waals surface area contributed by atoms with E-state index in [1.54, 1.807) is 7.11 Å². The van der Waals surface area contributed by atoms with Crippen molar-refractivity contribution < 1.29 is 9.84 Å². The van der Waals surface area contributed by atoms with Gasteiger partial charge >= 0.3 is 0 Å². The number of phenolic OH excluding ortho intramolecular Hbond substituents is 1. The molecule has 0 aromatic heterocycles. The van der Waals surface area contributed by atoms with Gasteiger partial charge in [-0.15, -0.1) is 11.8 Å². The Morgan fingerprint density at radius 1 is 1.28 bits per heavy atom. The monoisotopic (exact) mass is 474 g/mol. The SMILES string of the molecule is CCCC12CCC(Sc3ccccc3)CC1C(C)Cc1c(Br)cc(OC)c(O)c12. The lowest BCUT2D eigenvalue weighted by atomic mass is 9.52. The molecular formula is C25H31BrO2S. The Bertz CT molecular complexity index is 869. The van der Waals surface area contributed by atoms with Gasteiger partial charge in [0.1, 0.15) is 0 Å². The zero-order valence-electron chi connectivity index (χ0n) is 17.6. The molecule has 4 heteroatoms. The first-order valence-electron chi connectivity index (χ1n) is 10.8. The van der Waals surface area contributed by atoms with Crippen molar-refractivity contribution in [1.82, 2.24) is 0 Å². The summed E-state index contributed by atoms with van der Waals surface area (Å²) in [6.45, 7) is 4.70. The highest BCUT2D eigenvalue weighted by Gasteiger charge is 2.52. The Morgan fingerprint density at radius 2 is 2.03 bits per heavy atom. The molecule has 0 spiro atoms. The fraction of sp³-hybridized carbons (Fsp3) is 0.520. The molecule has 1 N–H and O–H groups in total. The minimum Gasteiger partial charge on any atom is -0.504 e. The molecule has 29 heavy (non-hydrogen) atoms. The third kappa shape index (κ3) is 3.72. The summed E-state index contributed by atoms with van der Waals surface area (Å²) in [5.74, 6) is 2.18. The summed E-state index contributed by atoms with van der Waals surface area (Å²) in [5.41, 5.74) is 2.53. The lowest BCUT2D eigenvalue weighted by molar-refractivity contribution is 0.101. The Kier molecular flexibility index (Phi) is 6.22. The molecule has 0 aliphatic heterocycles. The number of phenols is 1. The van der Waals surface area contributed by atoms with Crippen LogP contribution >= 0.6 is 27.7 Å². The minimum atomic E-state index is 0.0522. The van der Waals surface area contributed by atoms with Gasteiger partial charge in [0, 0.05) is 25.6 Å². The second kappa shape index (κ2) is 8.55. The van der Waals surface area contributed by atoms with E-state index in [-0.39, 0.29) is 5.41 Å². The fourth-order valence-electron chi connectivity index (χ4n) is 6.01. The first kappa shape index (κ1) is 21.1. The van der Waals surface area contributed by atoms with E-state index >= 15 is 0 Å². The van der Waals surface area contributed by atoms with Gasteiger partial charge in [-0.1, -0.05) is 54.4 Å². The molecule has 4 rings (SSSR count). The number of rotatable bonds is 5. The van der Waals surface area contributed by atoms with Crippen molar-refractivity contribution in [1.29, 1.82) is 0 Å². The number of hydrogen-bond donors (Lipinski definition) is 1. The first-order chi connectivity index (χ1) is 14.0. The maximum atomic E-state index is 11.2. The summed E-state index contributed by atoms with van der Waals surface area (Å²) in [5, 5.41) is 11.9. The van der Waals surface area contributed by atoms with Crippen molar-refractivity contribution in [3.8, 4) is 11.5 Å². The van der Waals surface area contributed by atoms with E-state index in [9.17, 15) is 5.11 Å². The number of hydrogen-bond acceptors (Lipinski definition) is 3. The molecule has 4 atom stereocenters. The molecule has 2 nitrogen and oxygen atoms in total. The van der Waals surface area contributed by atoms with Crippen molar-refractivity contribution in [2.24, 2.45) is 11.8 Å². The maximum Gasteiger partial charge on any atom is 0.161 e. The van der Waals surface area contributed by atoms with Gasteiger partial charge in [0.25, 0.3) is 0 Å². The van der Waals surface area contributed by atoms with Crippen LogP contribution in [0.3, 0.4) is 0 Å². The lowest BCUT2D eigenvalue weighted by Gasteiger charge is -2.53. The molecule has 0 heterocycles. The highest BCUT2D eigenvalue weighted by atomic mass is 79.9. The second-order valence-corrected chi connectivity index (χ2v) is 11.0. The molecule has 4 unspecified atom stereocenters. The van der Waals surface area contributed by atoms with Gasteiger partial charge < -0.3 is 9.84 Å². The van der Waals surface area contributed by atoms with Gasteiger partial charge in [0.05, 0.1) is 7.11 Å². The van der Waals surface area contributed by atoms with Crippen LogP contribution in [0, 0.1) is 11.8 Å². The summed E-state index contributed by atoms with van der Waals surface area (Å²) in [4.78, 5) is 1.37. The van der Waals surface area contributed by atoms with Crippen molar-refractivity contribution in [2.75, 3.05) is 7.11 Å². The van der Waals surface area contributed by atoms with Crippen LogP contribution in [-0.4, -0.2) is 17.5 Å². The molecule has 0 saturated heterocycles. The van der Waals surface area contributed by atoms with E-state index in [0.717, 1.165) is 30.2 Å². The van der Waals surface area contributed by atoms with Gasteiger partial charge in [-0.05, 0) is 67.7 Å². The van der Waals surface area contributed by atoms with Crippen LogP contribution in [0.2, 0.25) is 0 Å². The second-order valence-electron chi connectivity index (χ2n) is 8.78. The molecular weight excluding hydrogens is 444 g/mol. The first-order valence-corrected chi connectivity index (χ1v) is 12.5. The molecule has 0 bridgehead atoms. The van der Waals surface area contributed by atoms with Crippen molar-refractivity contribution >= 4 is 27.7 Å². The average molecular weight is 475 g/mol. The third-order valence-electron chi connectivity index (χ3n) is 7.13. The Labute approximate surface area is 187 Å². The van der Waals surface area contributed by atoms with Crippen LogP contribution in [0.5, 0.6) is 11.5 Å². The predicted molar refractivity (Wildman–Crippen MR) is 125 cm³/mol. The van der Waals surface area contributed by atoms with Gasteiger partial charge in [0.2, 0.25) is 0 Å². The van der Waals surface area contributed by atoms with Crippen LogP contribution in [0.4, 0.5) is 0 Å². The number of benzene rings is 2. The Hall–Kier alpha value is -1.13. The smallest absolute Gasteiger partial charge is 0.161 e. The standard InChI is InChI=1S/C25H31BrO2S/c1-4-11-25-12-10-18(29-17-8-6-5-7-9-17)14-20(25)16(2)13-19-21(26)15-22(28-3)24(27)23(19)25/h5-9,15-16,18,20,27H,4,10-14H2,1-3H3. The number of methoxy groups -OCH3 is 1. The zero-order valence-corrected chi connectivity index (χ0v) is 20.0. The molecule has 1 saturated carbocycles. The van der Waals surface area contributed by atoms with Gasteiger partial charge in [-0.2, -0.15) is 0 Å². The summed E-state index contributed by atoms with van der Waals surface area (Å²) in [6, 6.07) is 12.8. The molecule has 0 amide bonds. The molecule has 0 radical (unpaired) electrons. The van der Waals surface area contributed by atoms with Crippen LogP contribution in [0.25, 0.3) is 0 Å². The van der Waals surface area contributed by atoms with Crippen LogP contribution < -0.4 is 4.74 Å². The Balaban J connectivity index is 1.74. The van der Waals surface area contributed by atoms with Gasteiger partial charge in [0.15, 0.2) is 11.5 Å². The fourth-order valence-corrected chi connectivity index (χ4v) is 7.82. The number of ether oxygens (including phenoxy) is 1. The number of halogens is 1.